The number of hydrogen-bond donors (Lipinski definition) is 0. The van der Waals surface area contributed by atoms with E-state index in [4.69, 9.17) is 0 Å². The van der Waals surface area contributed by atoms with Crippen LogP contribution in [-0.2, 0) is 6.18 Å². The number of rotatable bonds is 1. The average molecular weight is 256 g/mol. The molecule has 2 heterocycles. The lowest BCUT2D eigenvalue weighted by Crippen LogP contribution is -2.09. The largest absolute Gasteiger partial charge is 0.433 e. The Morgan fingerprint density at radius 1 is 1.00 bits per heavy atom. The summed E-state index contributed by atoms with van der Waals surface area (Å²) in [7, 11) is 0. The van der Waals surface area contributed by atoms with E-state index in [0.717, 1.165) is 12.1 Å². The Balaban J connectivity index is 2.48. The van der Waals surface area contributed by atoms with E-state index in [0.29, 0.717) is 5.56 Å². The molecule has 2 aromatic heterocycles. The van der Waals surface area contributed by atoms with Crippen LogP contribution < -0.4 is 0 Å². The molecule has 2 aromatic rings. The molecule has 0 atom stereocenters. The summed E-state index contributed by atoms with van der Waals surface area (Å²) in [5.74, 6) is -0.688. The average Bonchev–Trinajstić information content (AvgIpc) is 2.27. The Morgan fingerprint density at radius 3 is 2.28 bits per heavy atom. The van der Waals surface area contributed by atoms with Gasteiger partial charge in [-0.1, -0.05) is 6.07 Å². The van der Waals surface area contributed by atoms with Crippen LogP contribution in [0.4, 0.5) is 17.6 Å². The third-order valence-electron chi connectivity index (χ3n) is 2.37. The van der Waals surface area contributed by atoms with Gasteiger partial charge in [-0.3, -0.25) is 0 Å². The fourth-order valence-electron chi connectivity index (χ4n) is 1.55. The number of alkyl halides is 3. The van der Waals surface area contributed by atoms with E-state index in [9.17, 15) is 17.6 Å². The molecule has 0 aliphatic heterocycles. The van der Waals surface area contributed by atoms with Gasteiger partial charge in [0.1, 0.15) is 5.69 Å². The third-order valence-corrected chi connectivity index (χ3v) is 2.37. The van der Waals surface area contributed by atoms with E-state index in [1.807, 2.05) is 0 Å². The Morgan fingerprint density at radius 2 is 1.72 bits per heavy atom. The quantitative estimate of drug-likeness (QED) is 0.575. The molecule has 0 aliphatic carbocycles. The zero-order chi connectivity index (χ0) is 13.3. The maximum atomic E-state index is 12.9. The van der Waals surface area contributed by atoms with Gasteiger partial charge in [-0.15, -0.1) is 0 Å². The summed E-state index contributed by atoms with van der Waals surface area (Å²) in [4.78, 5) is 7.07. The number of aromatic nitrogens is 2. The normalized spacial score (nSPS) is 11.6. The zero-order valence-corrected chi connectivity index (χ0v) is 9.29. The molecule has 0 fully saturated rings. The van der Waals surface area contributed by atoms with Crippen LogP contribution in [0.3, 0.4) is 0 Å². The summed E-state index contributed by atoms with van der Waals surface area (Å²) in [5, 5.41) is 0. The maximum absolute atomic E-state index is 12.9. The van der Waals surface area contributed by atoms with Crippen LogP contribution >= 0.6 is 0 Å². The minimum Gasteiger partial charge on any atom is -0.248 e. The zero-order valence-electron chi connectivity index (χ0n) is 9.29. The third kappa shape index (κ3) is 2.47. The molecule has 0 amide bonds. The van der Waals surface area contributed by atoms with Crippen molar-refractivity contribution >= 4 is 0 Å². The molecule has 0 aliphatic rings. The lowest BCUT2D eigenvalue weighted by atomic mass is 10.1. The number of nitrogens with zero attached hydrogens (tertiary/aromatic N) is 2. The highest BCUT2D eigenvalue weighted by atomic mass is 19.4. The first-order valence-corrected chi connectivity index (χ1v) is 5.06. The molecule has 18 heavy (non-hydrogen) atoms. The molecule has 94 valence electrons. The van der Waals surface area contributed by atoms with Crippen molar-refractivity contribution in [1.82, 2.24) is 9.97 Å². The van der Waals surface area contributed by atoms with Crippen molar-refractivity contribution in [2.75, 3.05) is 0 Å². The van der Waals surface area contributed by atoms with Crippen LogP contribution in [0.5, 0.6) is 0 Å². The molecule has 0 bridgehead atoms. The molecule has 0 radical (unpaired) electrons. The highest BCUT2D eigenvalue weighted by molar-refractivity contribution is 5.61. The minimum atomic E-state index is -4.49. The van der Waals surface area contributed by atoms with Crippen LogP contribution in [0.25, 0.3) is 11.3 Å². The second-order valence-corrected chi connectivity index (χ2v) is 3.67. The smallest absolute Gasteiger partial charge is 0.248 e. The Bertz CT molecular complexity index is 579. The second kappa shape index (κ2) is 4.36. The fraction of sp³-hybridized carbons (Fsp3) is 0.167. The van der Waals surface area contributed by atoms with E-state index in [2.05, 4.69) is 9.97 Å². The van der Waals surface area contributed by atoms with Gasteiger partial charge in [0.2, 0.25) is 5.95 Å². The van der Waals surface area contributed by atoms with Crippen molar-refractivity contribution in [3.8, 4) is 11.3 Å². The van der Waals surface area contributed by atoms with Crippen LogP contribution in [-0.4, -0.2) is 9.97 Å². The predicted octanol–water partition coefficient (Wildman–Crippen LogP) is 3.61. The number of pyridine rings is 2. The summed E-state index contributed by atoms with van der Waals surface area (Å²) < 4.78 is 50.2. The topological polar surface area (TPSA) is 25.8 Å². The van der Waals surface area contributed by atoms with Gasteiger partial charge in [-0.25, -0.2) is 9.97 Å². The van der Waals surface area contributed by atoms with Gasteiger partial charge in [0.05, 0.1) is 5.69 Å². The SMILES string of the molecule is Cc1nc(C(F)(F)F)ccc1-c1cccc(F)n1. The molecule has 0 saturated carbocycles. The highest BCUT2D eigenvalue weighted by Crippen LogP contribution is 2.30. The Hall–Kier alpha value is -1.98. The van der Waals surface area contributed by atoms with E-state index in [-0.39, 0.29) is 11.4 Å². The number of halogens is 4. The molecule has 0 aromatic carbocycles. The van der Waals surface area contributed by atoms with Crippen molar-refractivity contribution in [1.29, 1.82) is 0 Å². The maximum Gasteiger partial charge on any atom is 0.433 e. The number of aryl methyl sites for hydroxylation is 1. The van der Waals surface area contributed by atoms with E-state index in [1.54, 1.807) is 0 Å². The van der Waals surface area contributed by atoms with Crippen molar-refractivity contribution in [2.24, 2.45) is 0 Å². The van der Waals surface area contributed by atoms with E-state index < -0.39 is 17.8 Å². The Kier molecular flexibility index (Phi) is 3.02. The van der Waals surface area contributed by atoms with Crippen molar-refractivity contribution < 1.29 is 17.6 Å². The molecule has 0 unspecified atom stereocenters. The lowest BCUT2D eigenvalue weighted by Gasteiger charge is -2.09. The molecule has 0 spiro atoms. The first-order valence-electron chi connectivity index (χ1n) is 5.06. The van der Waals surface area contributed by atoms with Gasteiger partial charge >= 0.3 is 6.18 Å². The summed E-state index contributed by atoms with van der Waals surface area (Å²) >= 11 is 0. The molecule has 0 N–H and O–H groups in total. The van der Waals surface area contributed by atoms with Crippen LogP contribution in [0.15, 0.2) is 30.3 Å². The summed E-state index contributed by atoms with van der Waals surface area (Å²) in [5.41, 5.74) is -0.181. The van der Waals surface area contributed by atoms with Crippen molar-refractivity contribution in [2.45, 2.75) is 13.1 Å². The summed E-state index contributed by atoms with van der Waals surface area (Å²) in [6, 6.07) is 6.22. The minimum absolute atomic E-state index is 0.155. The Labute approximate surface area is 100 Å². The van der Waals surface area contributed by atoms with Gasteiger partial charge in [0.15, 0.2) is 0 Å². The summed E-state index contributed by atoms with van der Waals surface area (Å²) in [6.07, 6.45) is -4.49. The van der Waals surface area contributed by atoms with Crippen molar-refractivity contribution in [3.05, 3.63) is 47.7 Å². The fourth-order valence-corrected chi connectivity index (χ4v) is 1.55. The summed E-state index contributed by atoms with van der Waals surface area (Å²) in [6.45, 7) is 1.43. The second-order valence-electron chi connectivity index (χ2n) is 3.67. The molecule has 2 nitrogen and oxygen atoms in total. The standard InChI is InChI=1S/C12H8F4N2/c1-7-8(9-3-2-4-11(13)18-9)5-6-10(17-7)12(14,15)16/h2-6H,1H3. The molecular weight excluding hydrogens is 248 g/mol. The van der Waals surface area contributed by atoms with Crippen molar-refractivity contribution in [3.63, 3.8) is 0 Å². The van der Waals surface area contributed by atoms with E-state index in [1.165, 1.54) is 25.1 Å². The molecule has 6 heteroatoms. The van der Waals surface area contributed by atoms with E-state index >= 15 is 0 Å². The van der Waals surface area contributed by atoms with Gasteiger partial charge in [-0.2, -0.15) is 17.6 Å². The predicted molar refractivity (Wildman–Crippen MR) is 57.2 cm³/mol. The van der Waals surface area contributed by atoms with Crippen LogP contribution in [0, 0.1) is 12.9 Å². The monoisotopic (exact) mass is 256 g/mol. The van der Waals surface area contributed by atoms with Gasteiger partial charge < -0.3 is 0 Å². The first-order chi connectivity index (χ1) is 8.38. The molecular formula is C12H8F4N2. The van der Waals surface area contributed by atoms with Gasteiger partial charge in [0.25, 0.3) is 0 Å². The molecule has 2 rings (SSSR count). The lowest BCUT2D eigenvalue weighted by molar-refractivity contribution is -0.141. The number of hydrogen-bond acceptors (Lipinski definition) is 2. The molecule has 0 saturated heterocycles. The van der Waals surface area contributed by atoms with Gasteiger partial charge in [-0.05, 0) is 31.2 Å². The van der Waals surface area contributed by atoms with Crippen LogP contribution in [0.1, 0.15) is 11.4 Å². The van der Waals surface area contributed by atoms with Crippen LogP contribution in [0.2, 0.25) is 0 Å². The first kappa shape index (κ1) is 12.5. The van der Waals surface area contributed by atoms with Gasteiger partial charge in [0, 0.05) is 11.3 Å². The highest BCUT2D eigenvalue weighted by Gasteiger charge is 2.32.